The summed E-state index contributed by atoms with van der Waals surface area (Å²) in [6.07, 6.45) is 0. The number of nitriles is 1. The van der Waals surface area contributed by atoms with Crippen LogP contribution in [0.1, 0.15) is 30.5 Å². The molecule has 0 bridgehead atoms. The molecule has 8 rings (SSSR count). The molecule has 6 aromatic carbocycles. The van der Waals surface area contributed by atoms with E-state index in [0.29, 0.717) is 11.4 Å². The van der Waals surface area contributed by atoms with Gasteiger partial charge < -0.3 is 0 Å². The van der Waals surface area contributed by atoms with Gasteiger partial charge in [-0.2, -0.15) is 5.26 Å². The molecule has 1 aliphatic rings. The third-order valence-corrected chi connectivity index (χ3v) is 9.12. The van der Waals surface area contributed by atoms with Crippen molar-refractivity contribution in [3.8, 4) is 62.2 Å². The monoisotopic (exact) mass is 575 g/mol. The quantitative estimate of drug-likeness (QED) is 0.210. The summed E-state index contributed by atoms with van der Waals surface area (Å²) < 4.78 is 0. The summed E-state index contributed by atoms with van der Waals surface area (Å²) in [6, 6.07) is 50.9. The summed E-state index contributed by atoms with van der Waals surface area (Å²) in [5, 5.41) is 11.8. The third kappa shape index (κ3) is 4.60. The van der Waals surface area contributed by atoms with Crippen molar-refractivity contribution in [2.24, 2.45) is 0 Å². The molecule has 7 aromatic rings. The zero-order valence-electron chi connectivity index (χ0n) is 25.1. The predicted octanol–water partition coefficient (Wildman–Crippen LogP) is 10.5. The first-order valence-electron chi connectivity index (χ1n) is 15.2. The predicted molar refractivity (Wildman–Crippen MR) is 184 cm³/mol. The van der Waals surface area contributed by atoms with Gasteiger partial charge in [0.1, 0.15) is 0 Å². The molecule has 0 spiro atoms. The van der Waals surface area contributed by atoms with E-state index < -0.39 is 0 Å². The molecule has 212 valence electrons. The Morgan fingerprint density at radius 2 is 1.07 bits per heavy atom. The van der Waals surface area contributed by atoms with Gasteiger partial charge >= 0.3 is 0 Å². The van der Waals surface area contributed by atoms with Crippen molar-refractivity contribution in [2.45, 2.75) is 19.3 Å². The van der Waals surface area contributed by atoms with Crippen LogP contribution in [0.15, 0.2) is 140 Å². The molecule has 1 heterocycles. The van der Waals surface area contributed by atoms with Crippen LogP contribution in [0, 0.1) is 11.3 Å². The second-order valence-corrected chi connectivity index (χ2v) is 12.2. The Balaban J connectivity index is 1.18. The van der Waals surface area contributed by atoms with Gasteiger partial charge in [0.15, 0.2) is 5.82 Å². The van der Waals surface area contributed by atoms with E-state index in [0.717, 1.165) is 33.6 Å². The van der Waals surface area contributed by atoms with Gasteiger partial charge in [0.25, 0.3) is 0 Å². The zero-order valence-corrected chi connectivity index (χ0v) is 25.1. The number of aromatic nitrogens is 2. The van der Waals surface area contributed by atoms with Crippen LogP contribution < -0.4 is 0 Å². The summed E-state index contributed by atoms with van der Waals surface area (Å²) in [7, 11) is 0. The maximum absolute atomic E-state index is 9.48. The minimum absolute atomic E-state index is 0.179. The number of nitrogens with zero attached hydrogens (tertiary/aromatic N) is 3. The smallest absolute Gasteiger partial charge is 0.160 e. The summed E-state index contributed by atoms with van der Waals surface area (Å²) in [5.74, 6) is 0.709. The Kier molecular flexibility index (Phi) is 6.18. The van der Waals surface area contributed by atoms with E-state index in [9.17, 15) is 5.26 Å². The highest BCUT2D eigenvalue weighted by molar-refractivity contribution is 5.87. The third-order valence-electron chi connectivity index (χ3n) is 9.12. The largest absolute Gasteiger partial charge is 0.228 e. The standard InChI is InChI=1S/C42H29N3/c1-42(2)37-22-27(26-43)12-20-35(37)36-21-19-33(24-38(36)42)29-13-16-31(17-14-29)40-25-39(30-9-4-3-5-10-30)44-41(45-40)34-18-15-28-8-6-7-11-32(28)23-34/h3-25H,1-2H3. The fourth-order valence-corrected chi connectivity index (χ4v) is 6.63. The Labute approximate surface area is 263 Å². The van der Waals surface area contributed by atoms with Crippen LogP contribution in [0.2, 0.25) is 0 Å². The number of rotatable bonds is 4. The van der Waals surface area contributed by atoms with E-state index in [2.05, 4.69) is 129 Å². The van der Waals surface area contributed by atoms with Gasteiger partial charge in [0.05, 0.1) is 23.0 Å². The zero-order chi connectivity index (χ0) is 30.5. The Morgan fingerprint density at radius 3 is 1.80 bits per heavy atom. The van der Waals surface area contributed by atoms with Gasteiger partial charge in [-0.3, -0.25) is 0 Å². The molecule has 45 heavy (non-hydrogen) atoms. The number of fused-ring (bicyclic) bond motifs is 4. The highest BCUT2D eigenvalue weighted by Gasteiger charge is 2.35. The molecule has 1 aliphatic carbocycles. The van der Waals surface area contributed by atoms with Gasteiger partial charge in [-0.25, -0.2) is 9.97 Å². The lowest BCUT2D eigenvalue weighted by Gasteiger charge is -2.22. The Bertz CT molecular complexity index is 2290. The molecule has 0 unspecified atom stereocenters. The number of benzene rings is 6. The fraction of sp³-hybridized carbons (Fsp3) is 0.0714. The molecule has 0 saturated carbocycles. The fourth-order valence-electron chi connectivity index (χ4n) is 6.63. The van der Waals surface area contributed by atoms with Crippen molar-refractivity contribution < 1.29 is 0 Å². The molecular weight excluding hydrogens is 546 g/mol. The Hall–Kier alpha value is -5.85. The van der Waals surface area contributed by atoms with Crippen LogP contribution in [0.25, 0.3) is 66.9 Å². The van der Waals surface area contributed by atoms with Crippen LogP contribution in [0.3, 0.4) is 0 Å². The van der Waals surface area contributed by atoms with Crippen LogP contribution in [-0.4, -0.2) is 9.97 Å². The Morgan fingerprint density at radius 1 is 0.489 bits per heavy atom. The van der Waals surface area contributed by atoms with Gasteiger partial charge in [0, 0.05) is 22.1 Å². The van der Waals surface area contributed by atoms with Crippen molar-refractivity contribution >= 4 is 10.8 Å². The van der Waals surface area contributed by atoms with E-state index in [-0.39, 0.29) is 5.41 Å². The van der Waals surface area contributed by atoms with Crippen molar-refractivity contribution in [2.75, 3.05) is 0 Å². The molecule has 0 fully saturated rings. The van der Waals surface area contributed by atoms with Gasteiger partial charge in [0.2, 0.25) is 0 Å². The molecule has 0 radical (unpaired) electrons. The van der Waals surface area contributed by atoms with Gasteiger partial charge in [-0.15, -0.1) is 0 Å². The second-order valence-electron chi connectivity index (χ2n) is 12.2. The summed E-state index contributed by atoms with van der Waals surface area (Å²) in [5.41, 5.74) is 12.7. The van der Waals surface area contributed by atoms with Crippen LogP contribution in [0.5, 0.6) is 0 Å². The first-order chi connectivity index (χ1) is 22.0. The van der Waals surface area contributed by atoms with E-state index in [4.69, 9.17) is 9.97 Å². The van der Waals surface area contributed by atoms with Crippen molar-refractivity contribution in [3.63, 3.8) is 0 Å². The van der Waals surface area contributed by atoms with E-state index in [1.807, 2.05) is 30.3 Å². The van der Waals surface area contributed by atoms with Crippen molar-refractivity contribution in [1.29, 1.82) is 5.26 Å². The van der Waals surface area contributed by atoms with E-state index in [1.54, 1.807) is 0 Å². The summed E-state index contributed by atoms with van der Waals surface area (Å²) >= 11 is 0. The molecule has 0 aliphatic heterocycles. The molecule has 0 N–H and O–H groups in total. The van der Waals surface area contributed by atoms with Crippen LogP contribution in [0.4, 0.5) is 0 Å². The lowest BCUT2D eigenvalue weighted by atomic mass is 9.81. The first kappa shape index (κ1) is 26.8. The van der Waals surface area contributed by atoms with Crippen molar-refractivity contribution in [3.05, 3.63) is 156 Å². The summed E-state index contributed by atoms with van der Waals surface area (Å²) in [6.45, 7) is 4.50. The van der Waals surface area contributed by atoms with E-state index in [1.165, 1.54) is 38.6 Å². The summed E-state index contributed by atoms with van der Waals surface area (Å²) in [4.78, 5) is 10.1. The molecule has 0 atom stereocenters. The van der Waals surface area contributed by atoms with Crippen molar-refractivity contribution in [1.82, 2.24) is 9.97 Å². The van der Waals surface area contributed by atoms with Gasteiger partial charge in [-0.05, 0) is 74.5 Å². The SMILES string of the molecule is CC1(C)c2cc(C#N)ccc2-c2ccc(-c3ccc(-c4cc(-c5ccccc5)nc(-c5ccc6ccccc6c5)n4)cc3)cc21. The topological polar surface area (TPSA) is 49.6 Å². The lowest BCUT2D eigenvalue weighted by Crippen LogP contribution is -2.15. The maximum atomic E-state index is 9.48. The lowest BCUT2D eigenvalue weighted by molar-refractivity contribution is 0.660. The van der Waals surface area contributed by atoms with Crippen LogP contribution in [-0.2, 0) is 5.41 Å². The molecule has 3 heteroatoms. The normalized spacial score (nSPS) is 12.8. The minimum Gasteiger partial charge on any atom is -0.228 e. The highest BCUT2D eigenvalue weighted by atomic mass is 14.9. The highest BCUT2D eigenvalue weighted by Crippen LogP contribution is 2.50. The second kappa shape index (κ2) is 10.4. The molecule has 3 nitrogen and oxygen atoms in total. The number of hydrogen-bond acceptors (Lipinski definition) is 3. The first-order valence-corrected chi connectivity index (χ1v) is 15.2. The molecule has 1 aromatic heterocycles. The number of hydrogen-bond donors (Lipinski definition) is 0. The molecule has 0 amide bonds. The van der Waals surface area contributed by atoms with Gasteiger partial charge in [-0.1, -0.05) is 123 Å². The maximum Gasteiger partial charge on any atom is 0.160 e. The minimum atomic E-state index is -0.179. The van der Waals surface area contributed by atoms with E-state index >= 15 is 0 Å². The molecular formula is C42H29N3. The average Bonchev–Trinajstić information content (AvgIpc) is 3.33. The average molecular weight is 576 g/mol. The molecule has 0 saturated heterocycles. The van der Waals surface area contributed by atoms with Crippen LogP contribution >= 0.6 is 0 Å².